The van der Waals surface area contributed by atoms with Gasteiger partial charge in [0.15, 0.2) is 0 Å². The molecule has 0 aliphatic carbocycles. The number of hydrogen-bond donors (Lipinski definition) is 2. The molecule has 1 aliphatic heterocycles. The van der Waals surface area contributed by atoms with Crippen molar-refractivity contribution in [2.75, 3.05) is 19.8 Å². The highest BCUT2D eigenvalue weighted by atomic mass is 32.1. The van der Waals surface area contributed by atoms with E-state index < -0.39 is 0 Å². The van der Waals surface area contributed by atoms with Crippen LogP contribution in [0.5, 0.6) is 0 Å². The lowest BCUT2D eigenvalue weighted by Crippen LogP contribution is -2.45. The summed E-state index contributed by atoms with van der Waals surface area (Å²) < 4.78 is 5.50. The van der Waals surface area contributed by atoms with E-state index in [1.165, 1.54) is 4.88 Å². The number of rotatable bonds is 5. The highest BCUT2D eigenvalue weighted by Crippen LogP contribution is 2.25. The molecule has 3 atom stereocenters. The van der Waals surface area contributed by atoms with E-state index in [0.717, 1.165) is 36.9 Å². The summed E-state index contributed by atoms with van der Waals surface area (Å²) in [6, 6.07) is 1.31. The van der Waals surface area contributed by atoms with Crippen LogP contribution in [0.3, 0.4) is 0 Å². The van der Waals surface area contributed by atoms with Crippen molar-refractivity contribution >= 4 is 11.3 Å². The molecule has 0 radical (unpaired) electrons. The van der Waals surface area contributed by atoms with Crippen LogP contribution >= 0.6 is 11.3 Å². The smallest absolute Gasteiger partial charge is 0.0900 e. The number of nitrogens with zero attached hydrogens (tertiary/aromatic N) is 1. The Morgan fingerprint density at radius 2 is 2.26 bits per heavy atom. The van der Waals surface area contributed by atoms with Gasteiger partial charge in [0.1, 0.15) is 0 Å². The lowest BCUT2D eigenvalue weighted by atomic mass is 10.1. The van der Waals surface area contributed by atoms with Gasteiger partial charge >= 0.3 is 0 Å². The molecule has 2 rings (SSSR count). The number of thiazole rings is 1. The molecule has 1 saturated heterocycles. The highest BCUT2D eigenvalue weighted by Gasteiger charge is 2.19. The van der Waals surface area contributed by atoms with Crippen LogP contribution in [0, 0.1) is 13.8 Å². The van der Waals surface area contributed by atoms with E-state index in [0.29, 0.717) is 18.1 Å². The molecule has 0 bridgehead atoms. The van der Waals surface area contributed by atoms with Crippen LogP contribution in [0.2, 0.25) is 0 Å². The third-order valence-electron chi connectivity index (χ3n) is 3.50. The minimum atomic E-state index is 0.366. The van der Waals surface area contributed by atoms with Crippen LogP contribution in [0.1, 0.15) is 41.9 Å². The molecule has 0 aromatic carbocycles. The monoisotopic (exact) mass is 283 g/mol. The number of ether oxygens (including phenoxy) is 1. The average molecular weight is 283 g/mol. The van der Waals surface area contributed by atoms with Gasteiger partial charge < -0.3 is 15.4 Å². The number of hydrogen-bond acceptors (Lipinski definition) is 5. The minimum absolute atomic E-state index is 0.366. The van der Waals surface area contributed by atoms with Crippen molar-refractivity contribution in [3.8, 4) is 0 Å². The van der Waals surface area contributed by atoms with E-state index in [-0.39, 0.29) is 0 Å². The number of nitrogens with one attached hydrogen (secondary N) is 2. The topological polar surface area (TPSA) is 46.2 Å². The first-order valence-electron chi connectivity index (χ1n) is 7.07. The molecular formula is C14H25N3OS. The summed E-state index contributed by atoms with van der Waals surface area (Å²) in [4.78, 5) is 5.86. The maximum Gasteiger partial charge on any atom is 0.0900 e. The Balaban J connectivity index is 1.84. The molecule has 108 valence electrons. The Kier molecular flexibility index (Phi) is 5.33. The molecule has 3 unspecified atom stereocenters. The predicted octanol–water partition coefficient (Wildman–Crippen LogP) is 2.18. The van der Waals surface area contributed by atoms with Gasteiger partial charge in [-0.15, -0.1) is 11.3 Å². The summed E-state index contributed by atoms with van der Waals surface area (Å²) in [5.74, 6) is 0. The van der Waals surface area contributed by atoms with Crippen molar-refractivity contribution in [2.45, 2.75) is 52.2 Å². The summed E-state index contributed by atoms with van der Waals surface area (Å²) in [5, 5.41) is 8.33. The Hall–Kier alpha value is -0.490. The molecule has 19 heavy (non-hydrogen) atoms. The zero-order chi connectivity index (χ0) is 13.8. The lowest BCUT2D eigenvalue weighted by molar-refractivity contribution is 0.0708. The highest BCUT2D eigenvalue weighted by molar-refractivity contribution is 7.11. The predicted molar refractivity (Wildman–Crippen MR) is 79.8 cm³/mol. The second-order valence-corrected chi connectivity index (χ2v) is 6.67. The summed E-state index contributed by atoms with van der Waals surface area (Å²) in [7, 11) is 0. The summed E-state index contributed by atoms with van der Waals surface area (Å²) in [6.07, 6.45) is 1.10. The first kappa shape index (κ1) is 14.9. The van der Waals surface area contributed by atoms with Crippen LogP contribution in [-0.2, 0) is 4.74 Å². The zero-order valence-corrected chi connectivity index (χ0v) is 13.1. The first-order valence-corrected chi connectivity index (χ1v) is 7.89. The van der Waals surface area contributed by atoms with E-state index in [9.17, 15) is 0 Å². The van der Waals surface area contributed by atoms with Crippen molar-refractivity contribution < 1.29 is 4.74 Å². The largest absolute Gasteiger partial charge is 0.379 e. The quantitative estimate of drug-likeness (QED) is 0.869. The van der Waals surface area contributed by atoms with Crippen molar-refractivity contribution in [2.24, 2.45) is 0 Å². The van der Waals surface area contributed by atoms with Crippen LogP contribution < -0.4 is 10.6 Å². The molecule has 1 aromatic heterocycles. The third kappa shape index (κ3) is 4.24. The summed E-state index contributed by atoms with van der Waals surface area (Å²) in [6.45, 7) is 11.3. The van der Waals surface area contributed by atoms with Gasteiger partial charge in [0.05, 0.1) is 23.9 Å². The van der Waals surface area contributed by atoms with Crippen LogP contribution in [0.25, 0.3) is 0 Å². The maximum absolute atomic E-state index is 5.50. The second kappa shape index (κ2) is 6.79. The summed E-state index contributed by atoms with van der Waals surface area (Å²) in [5.41, 5.74) is 1.16. The normalized spacial score (nSPS) is 23.3. The molecule has 1 fully saturated rings. The molecule has 0 amide bonds. The molecule has 0 saturated carbocycles. The van der Waals surface area contributed by atoms with Crippen LogP contribution in [0.4, 0.5) is 0 Å². The first-order chi connectivity index (χ1) is 9.06. The minimum Gasteiger partial charge on any atom is -0.379 e. The molecule has 0 spiro atoms. The fraction of sp³-hybridized carbons (Fsp3) is 0.786. The van der Waals surface area contributed by atoms with Crippen molar-refractivity contribution in [1.82, 2.24) is 15.6 Å². The number of aryl methyl sites for hydroxylation is 2. The van der Waals surface area contributed by atoms with Crippen molar-refractivity contribution in [3.63, 3.8) is 0 Å². The van der Waals surface area contributed by atoms with E-state index in [4.69, 9.17) is 4.74 Å². The Labute approximate surface area is 120 Å². The van der Waals surface area contributed by atoms with Crippen LogP contribution in [0.15, 0.2) is 0 Å². The number of morpholine rings is 1. The van der Waals surface area contributed by atoms with Gasteiger partial charge in [-0.1, -0.05) is 0 Å². The SMILES string of the molecule is Cc1nc(C)c(C(C)NC(C)CC2COCCN2)s1. The average Bonchev–Trinajstić information content (AvgIpc) is 2.69. The molecule has 2 heterocycles. The Morgan fingerprint density at radius 1 is 1.47 bits per heavy atom. The molecule has 5 heteroatoms. The lowest BCUT2D eigenvalue weighted by Gasteiger charge is -2.28. The standard InChI is InChI=1S/C14H25N3OS/c1-9(7-13-8-18-6-5-15-13)16-10(2)14-11(3)17-12(4)19-14/h9-10,13,15-16H,5-8H2,1-4H3. The molecule has 4 nitrogen and oxygen atoms in total. The van der Waals surface area contributed by atoms with E-state index >= 15 is 0 Å². The van der Waals surface area contributed by atoms with Gasteiger partial charge in [0.2, 0.25) is 0 Å². The van der Waals surface area contributed by atoms with Gasteiger partial charge in [0, 0.05) is 29.5 Å². The third-order valence-corrected chi connectivity index (χ3v) is 4.76. The number of aromatic nitrogens is 1. The van der Waals surface area contributed by atoms with E-state index in [1.807, 2.05) is 0 Å². The van der Waals surface area contributed by atoms with Crippen molar-refractivity contribution in [1.29, 1.82) is 0 Å². The Bertz CT molecular complexity index is 401. The second-order valence-electron chi connectivity index (χ2n) is 5.43. The molecular weight excluding hydrogens is 258 g/mol. The Morgan fingerprint density at radius 3 is 2.84 bits per heavy atom. The van der Waals surface area contributed by atoms with Crippen molar-refractivity contribution in [3.05, 3.63) is 15.6 Å². The van der Waals surface area contributed by atoms with Gasteiger partial charge in [0.25, 0.3) is 0 Å². The summed E-state index contributed by atoms with van der Waals surface area (Å²) >= 11 is 1.80. The van der Waals surface area contributed by atoms with Gasteiger partial charge in [-0.25, -0.2) is 4.98 Å². The van der Waals surface area contributed by atoms with E-state index in [1.54, 1.807) is 11.3 Å². The van der Waals surface area contributed by atoms with Gasteiger partial charge in [-0.05, 0) is 34.1 Å². The molecule has 1 aromatic rings. The van der Waals surface area contributed by atoms with Crippen LogP contribution in [-0.4, -0.2) is 36.8 Å². The molecule has 1 aliphatic rings. The fourth-order valence-corrected chi connectivity index (χ4v) is 3.66. The zero-order valence-electron chi connectivity index (χ0n) is 12.3. The fourth-order valence-electron chi connectivity index (χ4n) is 2.72. The molecule has 2 N–H and O–H groups in total. The maximum atomic E-state index is 5.50. The van der Waals surface area contributed by atoms with Gasteiger partial charge in [-0.3, -0.25) is 0 Å². The van der Waals surface area contributed by atoms with E-state index in [2.05, 4.69) is 43.3 Å². The van der Waals surface area contributed by atoms with Gasteiger partial charge in [-0.2, -0.15) is 0 Å².